The van der Waals surface area contributed by atoms with E-state index in [-0.39, 0.29) is 48.8 Å². The van der Waals surface area contributed by atoms with Gasteiger partial charge >= 0.3 is 5.97 Å². The fourth-order valence-electron chi connectivity index (χ4n) is 1.84. The van der Waals surface area contributed by atoms with Crippen molar-refractivity contribution in [3.05, 3.63) is 11.6 Å². The molecule has 1 heterocycles. The molecule has 1 aromatic rings. The molecule has 1 aromatic carbocycles. The van der Waals surface area contributed by atoms with E-state index < -0.39 is 12.1 Å². The third kappa shape index (κ3) is 2.96. The van der Waals surface area contributed by atoms with Crippen LogP contribution >= 0.6 is 0 Å². The molecule has 0 bridgehead atoms. The van der Waals surface area contributed by atoms with Gasteiger partial charge in [-0.05, 0) is 13.0 Å². The molecule has 2 N–H and O–H groups in total. The van der Waals surface area contributed by atoms with E-state index in [1.807, 2.05) is 0 Å². The smallest absolute Gasteiger partial charge is 0.339 e. The molecule has 0 radical (unpaired) electrons. The van der Waals surface area contributed by atoms with Gasteiger partial charge in [0.2, 0.25) is 18.3 Å². The van der Waals surface area contributed by atoms with Crippen molar-refractivity contribution < 1.29 is 38.7 Å². The van der Waals surface area contributed by atoms with E-state index in [0.29, 0.717) is 0 Å². The number of hydrogen-bond acceptors (Lipinski definition) is 8. The third-order valence-corrected chi connectivity index (χ3v) is 2.75. The van der Waals surface area contributed by atoms with Crippen molar-refractivity contribution in [2.75, 3.05) is 27.3 Å². The van der Waals surface area contributed by atoms with E-state index in [9.17, 15) is 15.0 Å². The van der Waals surface area contributed by atoms with Crippen molar-refractivity contribution in [1.29, 1.82) is 0 Å². The average molecular weight is 300 g/mol. The summed E-state index contributed by atoms with van der Waals surface area (Å²) in [4.78, 5) is 11.7. The Morgan fingerprint density at radius 3 is 2.81 bits per heavy atom. The zero-order valence-electron chi connectivity index (χ0n) is 11.6. The van der Waals surface area contributed by atoms with Gasteiger partial charge in [-0.25, -0.2) is 4.79 Å². The number of carbonyl (C=O) groups excluding carboxylic acids is 1. The topological polar surface area (TPSA) is 104 Å². The number of carbonyl (C=O) groups is 1. The highest BCUT2D eigenvalue weighted by Crippen LogP contribution is 2.50. The molecule has 8 heteroatoms. The summed E-state index contributed by atoms with van der Waals surface area (Å²) in [7, 11) is 1.42. The van der Waals surface area contributed by atoms with Gasteiger partial charge in [-0.15, -0.1) is 0 Å². The van der Waals surface area contributed by atoms with Crippen molar-refractivity contribution in [3.8, 4) is 23.0 Å². The minimum Gasteiger partial charge on any atom is -0.502 e. The molecule has 0 aromatic heterocycles. The Balaban J connectivity index is 2.40. The van der Waals surface area contributed by atoms with Crippen LogP contribution in [0.1, 0.15) is 18.6 Å². The second-order valence-electron chi connectivity index (χ2n) is 4.08. The van der Waals surface area contributed by atoms with Crippen molar-refractivity contribution in [3.63, 3.8) is 0 Å². The van der Waals surface area contributed by atoms with Crippen LogP contribution in [0.4, 0.5) is 0 Å². The Morgan fingerprint density at radius 1 is 1.43 bits per heavy atom. The van der Waals surface area contributed by atoms with Crippen molar-refractivity contribution in [2.24, 2.45) is 0 Å². The van der Waals surface area contributed by atoms with Gasteiger partial charge in [0.1, 0.15) is 0 Å². The quantitative estimate of drug-likeness (QED) is 0.584. The van der Waals surface area contributed by atoms with Crippen molar-refractivity contribution >= 4 is 5.97 Å². The lowest BCUT2D eigenvalue weighted by atomic mass is 10.1. The number of ether oxygens (including phenoxy) is 5. The molecule has 8 nitrogen and oxygen atoms in total. The maximum absolute atomic E-state index is 11.7. The van der Waals surface area contributed by atoms with Crippen LogP contribution in [0.15, 0.2) is 6.07 Å². The van der Waals surface area contributed by atoms with Gasteiger partial charge in [-0.2, -0.15) is 0 Å². The Morgan fingerprint density at radius 2 is 2.14 bits per heavy atom. The third-order valence-electron chi connectivity index (χ3n) is 2.75. The Labute approximate surface area is 120 Å². The summed E-state index contributed by atoms with van der Waals surface area (Å²) in [6.07, 6.45) is -1.58. The van der Waals surface area contributed by atoms with Gasteiger partial charge in [0, 0.05) is 12.7 Å². The minimum absolute atomic E-state index is 0.000511. The first-order valence-corrected chi connectivity index (χ1v) is 6.22. The van der Waals surface area contributed by atoms with Gasteiger partial charge in [-0.3, -0.25) is 0 Å². The molecule has 1 aliphatic rings. The molecule has 0 fully saturated rings. The Kier molecular flexibility index (Phi) is 4.71. The van der Waals surface area contributed by atoms with E-state index >= 15 is 0 Å². The number of methoxy groups -OCH3 is 1. The summed E-state index contributed by atoms with van der Waals surface area (Å²) < 4.78 is 25.0. The van der Waals surface area contributed by atoms with Crippen LogP contribution in [0.5, 0.6) is 23.0 Å². The summed E-state index contributed by atoms with van der Waals surface area (Å²) in [5.41, 5.74) is 0.0878. The lowest BCUT2D eigenvalue weighted by molar-refractivity contribution is -0.153. The highest BCUT2D eigenvalue weighted by Gasteiger charge is 2.32. The van der Waals surface area contributed by atoms with Crippen LogP contribution in [0, 0.1) is 0 Å². The van der Waals surface area contributed by atoms with Gasteiger partial charge in [-0.1, -0.05) is 0 Å². The number of benzene rings is 1. The molecule has 0 unspecified atom stereocenters. The number of hydrogen-bond donors (Lipinski definition) is 2. The number of aliphatic hydroxyl groups excluding tert-OH is 1. The molecule has 0 saturated carbocycles. The molecule has 0 aliphatic carbocycles. The zero-order chi connectivity index (χ0) is 15.4. The van der Waals surface area contributed by atoms with Gasteiger partial charge < -0.3 is 33.9 Å². The zero-order valence-corrected chi connectivity index (χ0v) is 11.6. The van der Waals surface area contributed by atoms with E-state index in [1.165, 1.54) is 13.2 Å². The number of fused-ring (bicyclic) bond motifs is 1. The van der Waals surface area contributed by atoms with Crippen LogP contribution in [-0.2, 0) is 14.3 Å². The maximum Gasteiger partial charge on any atom is 0.339 e. The normalized spacial score (nSPS) is 13.9. The molecule has 0 amide bonds. The standard InChI is InChI=1S/C13H16O8/c1-3-18-13(16)9(14)7-4-8(19-5-17-2)10(15)12-11(7)20-6-21-12/h4,9,14-15H,3,5-6H2,1-2H3/t9-/m1/s1. The van der Waals surface area contributed by atoms with Crippen molar-refractivity contribution in [2.45, 2.75) is 13.0 Å². The molecule has 0 saturated heterocycles. The molecule has 1 atom stereocenters. The predicted octanol–water partition coefficient (Wildman–Crippen LogP) is 0.700. The first-order valence-electron chi connectivity index (χ1n) is 6.22. The fraction of sp³-hybridized carbons (Fsp3) is 0.462. The maximum atomic E-state index is 11.7. The highest BCUT2D eigenvalue weighted by molar-refractivity contribution is 5.79. The number of aliphatic hydroxyl groups is 1. The van der Waals surface area contributed by atoms with E-state index in [1.54, 1.807) is 6.92 Å². The first-order chi connectivity index (χ1) is 10.1. The molecular weight excluding hydrogens is 284 g/mol. The minimum atomic E-state index is -1.58. The van der Waals surface area contributed by atoms with E-state index in [2.05, 4.69) is 0 Å². The number of esters is 1. The van der Waals surface area contributed by atoms with E-state index in [0.717, 1.165) is 0 Å². The fourth-order valence-corrected chi connectivity index (χ4v) is 1.84. The Hall–Kier alpha value is -2.19. The molecule has 116 valence electrons. The van der Waals surface area contributed by atoms with Crippen LogP contribution in [0.3, 0.4) is 0 Å². The largest absolute Gasteiger partial charge is 0.502 e. The number of phenolic OH excluding ortho intramolecular Hbond substituents is 1. The van der Waals surface area contributed by atoms with E-state index in [4.69, 9.17) is 23.7 Å². The lowest BCUT2D eigenvalue weighted by Crippen LogP contribution is -2.16. The van der Waals surface area contributed by atoms with Gasteiger partial charge in [0.05, 0.1) is 6.61 Å². The Bertz CT molecular complexity index is 527. The average Bonchev–Trinajstić information content (AvgIpc) is 2.96. The molecule has 2 rings (SSSR count). The predicted molar refractivity (Wildman–Crippen MR) is 68.3 cm³/mol. The summed E-state index contributed by atoms with van der Waals surface area (Å²) in [5.74, 6) is -1.04. The lowest BCUT2D eigenvalue weighted by Gasteiger charge is -2.15. The summed E-state index contributed by atoms with van der Waals surface area (Å²) in [6.45, 7) is 1.49. The summed E-state index contributed by atoms with van der Waals surface area (Å²) >= 11 is 0. The SMILES string of the molecule is CCOC(=O)[C@H](O)c1cc(OCOC)c(O)c2c1OCO2. The monoisotopic (exact) mass is 300 g/mol. The highest BCUT2D eigenvalue weighted by atomic mass is 16.7. The van der Waals surface area contributed by atoms with Gasteiger partial charge in [0.25, 0.3) is 0 Å². The van der Waals surface area contributed by atoms with Crippen LogP contribution < -0.4 is 14.2 Å². The van der Waals surface area contributed by atoms with Crippen LogP contribution in [0.25, 0.3) is 0 Å². The second kappa shape index (κ2) is 6.51. The molecule has 1 aliphatic heterocycles. The van der Waals surface area contributed by atoms with Crippen molar-refractivity contribution in [1.82, 2.24) is 0 Å². The summed E-state index contributed by atoms with van der Waals surface area (Å²) in [5, 5.41) is 20.0. The molecule has 21 heavy (non-hydrogen) atoms. The first kappa shape index (κ1) is 15.2. The molecular formula is C13H16O8. The number of rotatable bonds is 6. The summed E-state index contributed by atoms with van der Waals surface area (Å²) in [6, 6.07) is 1.28. The number of phenols is 1. The van der Waals surface area contributed by atoms with Gasteiger partial charge in [0.15, 0.2) is 24.4 Å². The van der Waals surface area contributed by atoms with Crippen LogP contribution in [0.2, 0.25) is 0 Å². The van der Waals surface area contributed by atoms with Crippen LogP contribution in [-0.4, -0.2) is 43.5 Å². The molecule has 0 spiro atoms. The second-order valence-corrected chi connectivity index (χ2v) is 4.08. The number of aromatic hydroxyl groups is 1.